The van der Waals surface area contributed by atoms with Crippen molar-refractivity contribution in [2.45, 2.75) is 90.3 Å². The summed E-state index contributed by atoms with van der Waals surface area (Å²) in [7, 11) is 1.58. The molecule has 0 bridgehead atoms. The highest BCUT2D eigenvalue weighted by Gasteiger charge is 2.24. The summed E-state index contributed by atoms with van der Waals surface area (Å²) in [5, 5.41) is 10.4. The van der Waals surface area contributed by atoms with Gasteiger partial charge in [0.25, 0.3) is 11.8 Å². The van der Waals surface area contributed by atoms with Crippen molar-refractivity contribution >= 4 is 60.7 Å². The van der Waals surface area contributed by atoms with Crippen molar-refractivity contribution in [1.82, 2.24) is 26.2 Å². The van der Waals surface area contributed by atoms with E-state index in [2.05, 4.69) is 21.3 Å². The van der Waals surface area contributed by atoms with Gasteiger partial charge in [0, 0.05) is 25.1 Å². The SMILES string of the molecule is BC(=O)CCCCCSCNC(=O)[C@H](C)NC(=O)[C@@H](C)NC(=O)[C@H](C)NC(=O)CCCCCN1C(=O)C=CC1=O. The lowest BCUT2D eigenvalue weighted by atomic mass is 9.97. The van der Waals surface area contributed by atoms with Gasteiger partial charge in [-0.3, -0.25) is 33.7 Å². The van der Waals surface area contributed by atoms with Gasteiger partial charge in [-0.25, -0.2) is 0 Å². The zero-order chi connectivity index (χ0) is 30.1. The van der Waals surface area contributed by atoms with Gasteiger partial charge >= 0.3 is 0 Å². The van der Waals surface area contributed by atoms with Crippen LogP contribution in [0.5, 0.6) is 0 Å². The number of hydrogen-bond donors (Lipinski definition) is 4. The molecular formula is C26H42BN5O7S. The first kappa shape index (κ1) is 34.9. The summed E-state index contributed by atoms with van der Waals surface area (Å²) >= 11 is 1.56. The molecular weight excluding hydrogens is 537 g/mol. The first-order valence-corrected chi connectivity index (χ1v) is 14.9. The molecule has 0 fully saturated rings. The van der Waals surface area contributed by atoms with Gasteiger partial charge in [0.1, 0.15) is 18.1 Å². The Bertz CT molecular complexity index is 944. The van der Waals surface area contributed by atoms with Gasteiger partial charge in [-0.15, -0.1) is 11.8 Å². The molecule has 0 spiro atoms. The highest BCUT2D eigenvalue weighted by molar-refractivity contribution is 7.99. The van der Waals surface area contributed by atoms with Crippen molar-refractivity contribution in [2.24, 2.45) is 0 Å². The lowest BCUT2D eigenvalue weighted by molar-refractivity contribution is -0.137. The Labute approximate surface area is 241 Å². The molecule has 3 atom stereocenters. The molecule has 0 aromatic carbocycles. The zero-order valence-corrected chi connectivity index (χ0v) is 24.7. The zero-order valence-electron chi connectivity index (χ0n) is 23.9. The van der Waals surface area contributed by atoms with Crippen molar-refractivity contribution in [1.29, 1.82) is 0 Å². The van der Waals surface area contributed by atoms with E-state index >= 15 is 0 Å². The van der Waals surface area contributed by atoms with Gasteiger partial charge in [-0.05, 0) is 58.6 Å². The van der Waals surface area contributed by atoms with Crippen molar-refractivity contribution in [2.75, 3.05) is 18.2 Å². The number of imide groups is 1. The van der Waals surface area contributed by atoms with E-state index in [1.54, 1.807) is 26.5 Å². The largest absolute Gasteiger partial charge is 0.345 e. The molecule has 1 rings (SSSR count). The number of rotatable bonds is 20. The number of unbranched alkanes of at least 4 members (excludes halogenated alkanes) is 4. The summed E-state index contributed by atoms with van der Waals surface area (Å²) < 4.78 is 0. The molecule has 6 amide bonds. The summed E-state index contributed by atoms with van der Waals surface area (Å²) in [6, 6.07) is -2.58. The van der Waals surface area contributed by atoms with Crippen LogP contribution in [0.15, 0.2) is 12.2 Å². The normalized spacial score (nSPS) is 14.8. The number of amides is 6. The topological polar surface area (TPSA) is 171 Å². The minimum Gasteiger partial charge on any atom is -0.345 e. The second-order valence-corrected chi connectivity index (χ2v) is 10.9. The van der Waals surface area contributed by atoms with E-state index in [0.29, 0.717) is 38.1 Å². The van der Waals surface area contributed by atoms with Crippen LogP contribution in [-0.2, 0) is 33.6 Å². The Morgan fingerprint density at radius 2 is 1.27 bits per heavy atom. The summed E-state index contributed by atoms with van der Waals surface area (Å²) in [5.74, 6) is -1.13. The molecule has 14 heteroatoms. The van der Waals surface area contributed by atoms with E-state index in [4.69, 9.17) is 0 Å². The van der Waals surface area contributed by atoms with Crippen molar-refractivity contribution in [3.63, 3.8) is 0 Å². The second kappa shape index (κ2) is 19.0. The summed E-state index contributed by atoms with van der Waals surface area (Å²) in [6.07, 6.45) is 7.77. The van der Waals surface area contributed by atoms with E-state index < -0.39 is 29.9 Å². The van der Waals surface area contributed by atoms with Crippen LogP contribution < -0.4 is 21.3 Å². The van der Waals surface area contributed by atoms with Crippen molar-refractivity contribution in [3.8, 4) is 0 Å². The Morgan fingerprint density at radius 3 is 1.88 bits per heavy atom. The molecule has 0 aromatic rings. The molecule has 40 heavy (non-hydrogen) atoms. The van der Waals surface area contributed by atoms with Crippen LogP contribution in [0, 0.1) is 0 Å². The Kier molecular flexibility index (Phi) is 16.6. The van der Waals surface area contributed by atoms with Gasteiger partial charge in [0.2, 0.25) is 23.6 Å². The van der Waals surface area contributed by atoms with E-state index in [1.807, 2.05) is 0 Å². The van der Waals surface area contributed by atoms with E-state index in [1.165, 1.54) is 26.0 Å². The Morgan fingerprint density at radius 1 is 0.750 bits per heavy atom. The van der Waals surface area contributed by atoms with Gasteiger partial charge < -0.3 is 26.1 Å². The highest BCUT2D eigenvalue weighted by Crippen LogP contribution is 2.08. The fourth-order valence-electron chi connectivity index (χ4n) is 3.67. The molecule has 0 aromatic heterocycles. The molecule has 0 radical (unpaired) electrons. The number of carbonyl (C=O) groups excluding carboxylic acids is 7. The van der Waals surface area contributed by atoms with Crippen LogP contribution in [-0.4, -0.2) is 90.2 Å². The molecule has 1 heterocycles. The van der Waals surface area contributed by atoms with Crippen LogP contribution in [0.2, 0.25) is 0 Å². The molecule has 12 nitrogen and oxygen atoms in total. The maximum absolute atomic E-state index is 12.4. The summed E-state index contributed by atoms with van der Waals surface area (Å²) in [4.78, 5) is 84.3. The fraction of sp³-hybridized carbons (Fsp3) is 0.654. The first-order chi connectivity index (χ1) is 18.9. The third kappa shape index (κ3) is 14.3. The smallest absolute Gasteiger partial charge is 0.253 e. The predicted molar refractivity (Wildman–Crippen MR) is 155 cm³/mol. The van der Waals surface area contributed by atoms with Crippen LogP contribution in [0.3, 0.4) is 0 Å². The minimum atomic E-state index is -0.919. The van der Waals surface area contributed by atoms with Crippen LogP contribution in [0.4, 0.5) is 0 Å². The molecule has 0 saturated carbocycles. The number of nitrogens with zero attached hydrogens (tertiary/aromatic N) is 1. The molecule has 0 aliphatic carbocycles. The molecule has 4 N–H and O–H groups in total. The van der Waals surface area contributed by atoms with E-state index in [0.717, 1.165) is 29.9 Å². The standard InChI is InChI=1S/C26H42BN5O7S/c1-17(24(37)28-16-40-15-9-5-6-10-20(27)33)30-26(39)19(3)31-25(38)18(2)29-21(34)11-7-4-8-14-32-22(35)12-13-23(32)36/h12-13,17-19H,4-11,14-16,27H2,1-3H3,(H,28,37)(H,29,34)(H,30,39)(H,31,38)/t17-,18-,19+/m0/s1. The van der Waals surface area contributed by atoms with Crippen molar-refractivity contribution < 1.29 is 33.6 Å². The average Bonchev–Trinajstić information content (AvgIpc) is 3.21. The lowest BCUT2D eigenvalue weighted by Gasteiger charge is -2.20. The maximum atomic E-state index is 12.4. The number of hydrogen-bond acceptors (Lipinski definition) is 8. The summed E-state index contributed by atoms with van der Waals surface area (Å²) in [5.41, 5.74) is 0.192. The van der Waals surface area contributed by atoms with Crippen LogP contribution >= 0.6 is 11.8 Å². The van der Waals surface area contributed by atoms with Gasteiger partial charge in [0.05, 0.1) is 11.6 Å². The third-order valence-corrected chi connectivity index (χ3v) is 7.05. The Hall–Kier alpha value is -3.16. The average molecular weight is 580 g/mol. The molecule has 0 unspecified atom stereocenters. The highest BCUT2D eigenvalue weighted by atomic mass is 32.2. The molecule has 0 saturated heterocycles. The fourth-order valence-corrected chi connectivity index (χ4v) is 4.47. The molecule has 1 aliphatic heterocycles. The van der Waals surface area contributed by atoms with Crippen LogP contribution in [0.1, 0.15) is 72.1 Å². The molecule has 222 valence electrons. The lowest BCUT2D eigenvalue weighted by Crippen LogP contribution is -2.54. The quantitative estimate of drug-likeness (QED) is 0.0648. The third-order valence-electron chi connectivity index (χ3n) is 6.13. The number of carbonyl (C=O) groups is 7. The second-order valence-electron chi connectivity index (χ2n) is 9.83. The predicted octanol–water partition coefficient (Wildman–Crippen LogP) is -0.487. The van der Waals surface area contributed by atoms with E-state index in [9.17, 15) is 33.6 Å². The Balaban J connectivity index is 2.19. The van der Waals surface area contributed by atoms with Gasteiger partial charge in [0.15, 0.2) is 7.85 Å². The number of nitrogens with one attached hydrogen (secondary N) is 4. The number of thioether (sulfide) groups is 1. The van der Waals surface area contributed by atoms with Gasteiger partial charge in [-0.2, -0.15) is 0 Å². The minimum absolute atomic E-state index is 0.179. The maximum Gasteiger partial charge on any atom is 0.253 e. The van der Waals surface area contributed by atoms with Gasteiger partial charge in [-0.1, -0.05) is 12.8 Å². The monoisotopic (exact) mass is 579 g/mol. The van der Waals surface area contributed by atoms with E-state index in [-0.39, 0.29) is 35.7 Å². The first-order valence-electron chi connectivity index (χ1n) is 13.7. The van der Waals surface area contributed by atoms with Crippen LogP contribution in [0.25, 0.3) is 0 Å². The summed E-state index contributed by atoms with van der Waals surface area (Å²) in [6.45, 7) is 4.84. The van der Waals surface area contributed by atoms with Crippen molar-refractivity contribution in [3.05, 3.63) is 12.2 Å². The molecule has 1 aliphatic rings.